The lowest BCUT2D eigenvalue weighted by atomic mass is 9.69. The molecule has 2 bridgehead atoms. The number of amides is 1. The maximum absolute atomic E-state index is 12.9. The molecule has 5 unspecified atom stereocenters. The average Bonchev–Trinajstić information content (AvgIpc) is 3.15. The van der Waals surface area contributed by atoms with Gasteiger partial charge in [-0.3, -0.25) is 9.59 Å². The molecule has 1 fully saturated rings. The van der Waals surface area contributed by atoms with E-state index in [2.05, 4.69) is 30.0 Å². The quantitative estimate of drug-likeness (QED) is 0.330. The molecule has 1 aliphatic carbocycles. The van der Waals surface area contributed by atoms with Crippen LogP contribution < -0.4 is 9.64 Å². The van der Waals surface area contributed by atoms with Gasteiger partial charge in [0.15, 0.2) is 0 Å². The maximum Gasteiger partial charge on any atom is 0.290 e. The number of rotatable bonds is 4. The number of aliphatic hydroxyl groups excluding tert-OH is 1. The zero-order chi connectivity index (χ0) is 30.9. The van der Waals surface area contributed by atoms with E-state index >= 15 is 0 Å². The summed E-state index contributed by atoms with van der Waals surface area (Å²) >= 11 is 6.40. The smallest absolute Gasteiger partial charge is 0.290 e. The van der Waals surface area contributed by atoms with E-state index in [1.54, 1.807) is 11.9 Å². The summed E-state index contributed by atoms with van der Waals surface area (Å²) in [6.45, 7) is 4.76. The van der Waals surface area contributed by atoms with Crippen molar-refractivity contribution in [2.24, 2.45) is 11.8 Å². The Morgan fingerprint density at radius 3 is 2.63 bits per heavy atom. The second kappa shape index (κ2) is 15.6. The van der Waals surface area contributed by atoms with E-state index in [1.165, 1.54) is 17.5 Å². The van der Waals surface area contributed by atoms with Crippen LogP contribution in [0.25, 0.3) is 0 Å². The van der Waals surface area contributed by atoms with Crippen molar-refractivity contribution in [1.82, 2.24) is 4.90 Å². The first-order chi connectivity index (χ1) is 20.8. The van der Waals surface area contributed by atoms with Crippen LogP contribution in [-0.4, -0.2) is 74.0 Å². The fraction of sp³-hybridized carbons (Fsp3) is 0.529. The number of carbonyl (C=O) groups is 2. The minimum atomic E-state index is -0.875. The average molecular weight is 613 g/mol. The third-order valence-corrected chi connectivity index (χ3v) is 9.31. The summed E-state index contributed by atoms with van der Waals surface area (Å²) in [4.78, 5) is 25.4. The van der Waals surface area contributed by atoms with E-state index in [1.807, 2.05) is 37.5 Å². The third kappa shape index (κ3) is 8.11. The Hall–Kier alpha value is -3.07. The van der Waals surface area contributed by atoms with Gasteiger partial charge in [-0.25, -0.2) is 0 Å². The summed E-state index contributed by atoms with van der Waals surface area (Å²) < 4.78 is 12.5. The van der Waals surface area contributed by atoms with Gasteiger partial charge in [0.25, 0.3) is 6.47 Å². The zero-order valence-corrected chi connectivity index (χ0v) is 26.2. The molecule has 2 heterocycles. The normalized spacial score (nSPS) is 26.5. The van der Waals surface area contributed by atoms with Crippen molar-refractivity contribution < 1.29 is 29.3 Å². The number of hydrogen-bond acceptors (Lipinski definition) is 6. The van der Waals surface area contributed by atoms with Crippen LogP contribution in [-0.2, 0) is 20.7 Å². The molecule has 2 aromatic rings. The van der Waals surface area contributed by atoms with Gasteiger partial charge in [0.1, 0.15) is 5.75 Å². The molecule has 9 heteroatoms. The van der Waals surface area contributed by atoms with Crippen molar-refractivity contribution in [1.29, 1.82) is 0 Å². The van der Waals surface area contributed by atoms with E-state index in [9.17, 15) is 9.90 Å². The van der Waals surface area contributed by atoms with Crippen LogP contribution in [0.1, 0.15) is 67.7 Å². The number of carbonyl (C=O) groups excluding carboxylic acids is 1. The lowest BCUT2D eigenvalue weighted by molar-refractivity contribution is -0.131. The summed E-state index contributed by atoms with van der Waals surface area (Å²) in [6.07, 6.45) is 8.70. The molecule has 5 rings (SSSR count). The van der Waals surface area contributed by atoms with Gasteiger partial charge in [0, 0.05) is 44.7 Å². The molecule has 5 atom stereocenters. The summed E-state index contributed by atoms with van der Waals surface area (Å²) in [5.41, 5.74) is 4.33. The number of likely N-dealkylation sites (N-methyl/N-ethyl adjacent to an activating group) is 1. The van der Waals surface area contributed by atoms with Gasteiger partial charge in [0.2, 0.25) is 5.91 Å². The molecule has 0 aromatic heterocycles. The molecule has 2 aliphatic heterocycles. The first-order valence-electron chi connectivity index (χ1n) is 15.3. The summed E-state index contributed by atoms with van der Waals surface area (Å²) in [7, 11) is 3.60. The minimum absolute atomic E-state index is 0.0448. The SMILES string of the molecule is CCCc1cc(Cl)ccc1C1COc2ccc3cc2N(C1)CC1CCC1C(OC)C/C=C/CN(C)C(=O)CC3O.O=CO. The number of methoxy groups -OCH3 is 1. The lowest BCUT2D eigenvalue weighted by Gasteiger charge is -2.44. The highest BCUT2D eigenvalue weighted by Crippen LogP contribution is 2.44. The van der Waals surface area contributed by atoms with E-state index in [0.29, 0.717) is 25.0 Å². The summed E-state index contributed by atoms with van der Waals surface area (Å²) in [5, 5.41) is 18.7. The molecule has 43 heavy (non-hydrogen) atoms. The van der Waals surface area contributed by atoms with Crippen molar-refractivity contribution in [3.63, 3.8) is 0 Å². The molecule has 0 saturated heterocycles. The highest BCUT2D eigenvalue weighted by atomic mass is 35.5. The molecule has 3 aliphatic rings. The van der Waals surface area contributed by atoms with Crippen molar-refractivity contribution in [3.8, 4) is 5.75 Å². The van der Waals surface area contributed by atoms with Crippen molar-refractivity contribution >= 4 is 29.7 Å². The molecule has 234 valence electrons. The fourth-order valence-corrected chi connectivity index (χ4v) is 6.78. The number of ether oxygens (including phenoxy) is 2. The van der Waals surface area contributed by atoms with E-state index < -0.39 is 6.10 Å². The lowest BCUT2D eigenvalue weighted by Crippen LogP contribution is -2.44. The van der Waals surface area contributed by atoms with Crippen molar-refractivity contribution in [2.45, 2.75) is 63.6 Å². The topological polar surface area (TPSA) is 99.5 Å². The van der Waals surface area contributed by atoms with Crippen LogP contribution in [0, 0.1) is 11.8 Å². The molecular formula is C34H45ClN2O6. The standard InChI is InChI=1S/C33H43ClN2O4.CH2O2/c1-4-7-22-16-26(34)11-13-27(22)25-20-36-19-24-9-12-28(24)31(39-3)8-5-6-15-35(2)33(38)18-30(37)23-10-14-32(40-21-25)29(36)17-23;2-1-3/h5-6,10-11,13-14,16-17,24-25,28,30-31,37H,4,7-9,12,15,18-21H2,1-3H3;1H,(H,2,3)/b6-5+;. The molecule has 2 N–H and O–H groups in total. The predicted octanol–water partition coefficient (Wildman–Crippen LogP) is 5.86. The van der Waals surface area contributed by atoms with Crippen LogP contribution in [0.4, 0.5) is 5.69 Å². The number of aliphatic hydroxyl groups is 1. The number of hydrogen-bond donors (Lipinski definition) is 2. The second-order valence-corrected chi connectivity index (χ2v) is 12.3. The first kappa shape index (κ1) is 32.8. The van der Waals surface area contributed by atoms with Gasteiger partial charge in [-0.05, 0) is 78.5 Å². The largest absolute Gasteiger partial charge is 0.491 e. The summed E-state index contributed by atoms with van der Waals surface area (Å²) in [6, 6.07) is 12.2. The first-order valence-corrected chi connectivity index (χ1v) is 15.6. The monoisotopic (exact) mass is 612 g/mol. The van der Waals surface area contributed by atoms with Gasteiger partial charge in [-0.2, -0.15) is 0 Å². The van der Waals surface area contributed by atoms with Crippen LogP contribution in [0.2, 0.25) is 5.02 Å². The third-order valence-electron chi connectivity index (χ3n) is 9.07. The Kier molecular flexibility index (Phi) is 11.9. The fourth-order valence-electron chi connectivity index (χ4n) is 6.58. The highest BCUT2D eigenvalue weighted by molar-refractivity contribution is 6.30. The molecule has 0 spiro atoms. The number of anilines is 1. The molecular weight excluding hydrogens is 568 g/mol. The van der Waals surface area contributed by atoms with Gasteiger partial charge in [0.05, 0.1) is 30.9 Å². The Balaban J connectivity index is 0.00000135. The Morgan fingerprint density at radius 2 is 1.93 bits per heavy atom. The van der Waals surface area contributed by atoms with Crippen molar-refractivity contribution in [3.05, 3.63) is 70.3 Å². The van der Waals surface area contributed by atoms with E-state index in [4.69, 9.17) is 31.0 Å². The van der Waals surface area contributed by atoms with Crippen LogP contribution in [0.3, 0.4) is 0 Å². The zero-order valence-electron chi connectivity index (χ0n) is 25.5. The van der Waals surface area contributed by atoms with Crippen LogP contribution >= 0.6 is 11.6 Å². The number of benzene rings is 2. The van der Waals surface area contributed by atoms with Gasteiger partial charge < -0.3 is 29.5 Å². The Morgan fingerprint density at radius 1 is 1.14 bits per heavy atom. The minimum Gasteiger partial charge on any atom is -0.491 e. The number of aryl methyl sites for hydroxylation is 1. The van der Waals surface area contributed by atoms with Gasteiger partial charge in [-0.1, -0.05) is 49.2 Å². The second-order valence-electron chi connectivity index (χ2n) is 11.8. The van der Waals surface area contributed by atoms with Crippen molar-refractivity contribution in [2.75, 3.05) is 45.3 Å². The van der Waals surface area contributed by atoms with E-state index in [0.717, 1.165) is 60.8 Å². The number of halogens is 1. The van der Waals surface area contributed by atoms with Gasteiger partial charge in [-0.15, -0.1) is 0 Å². The molecule has 2 aromatic carbocycles. The molecule has 0 radical (unpaired) electrons. The Bertz CT molecular complexity index is 1270. The molecule has 8 nitrogen and oxygen atoms in total. The van der Waals surface area contributed by atoms with Gasteiger partial charge >= 0.3 is 0 Å². The Labute approximate surface area is 260 Å². The number of fused-ring (bicyclic) bond motifs is 2. The summed E-state index contributed by atoms with van der Waals surface area (Å²) in [5.74, 6) is 1.92. The van der Waals surface area contributed by atoms with E-state index in [-0.39, 0.29) is 30.8 Å². The maximum atomic E-state index is 12.9. The van der Waals surface area contributed by atoms with Crippen LogP contribution in [0.15, 0.2) is 48.6 Å². The molecule has 1 saturated carbocycles. The highest BCUT2D eigenvalue weighted by Gasteiger charge is 2.39. The van der Waals surface area contributed by atoms with Crippen LogP contribution in [0.5, 0.6) is 5.75 Å². The molecule has 1 amide bonds. The predicted molar refractivity (Wildman–Crippen MR) is 169 cm³/mol. The number of nitrogens with zero attached hydrogens (tertiary/aromatic N) is 2. The number of carboxylic acid groups (broad SMARTS) is 1.